The van der Waals surface area contributed by atoms with Crippen molar-refractivity contribution < 1.29 is 9.59 Å². The normalized spacial score (nSPS) is 16.0. The van der Waals surface area contributed by atoms with Crippen LogP contribution in [0.5, 0.6) is 0 Å². The van der Waals surface area contributed by atoms with Gasteiger partial charge < -0.3 is 14.2 Å². The minimum absolute atomic E-state index is 0.0633. The highest BCUT2D eigenvalue weighted by atomic mass is 127. The molecular weight excluding hydrogens is 553 g/mol. The number of thiazole rings is 1. The molecule has 0 unspecified atom stereocenters. The molecule has 0 saturated heterocycles. The van der Waals surface area contributed by atoms with E-state index in [-0.39, 0.29) is 23.8 Å². The number of nitrogens with one attached hydrogen (secondary N) is 3. The summed E-state index contributed by atoms with van der Waals surface area (Å²) >= 11 is 3.35. The number of carbonyl (C=O) groups excluding carboxylic acids is 2. The van der Waals surface area contributed by atoms with Gasteiger partial charge in [-0.2, -0.15) is 0 Å². The van der Waals surface area contributed by atoms with Crippen molar-refractivity contribution in [1.29, 1.82) is 0 Å². The second-order valence-corrected chi connectivity index (χ2v) is 10.2. The van der Waals surface area contributed by atoms with Gasteiger partial charge in [-0.1, -0.05) is 45.0 Å². The van der Waals surface area contributed by atoms with Crippen molar-refractivity contribution in [2.24, 2.45) is 4.99 Å². The average molecular weight is 579 g/mol. The lowest BCUT2D eigenvalue weighted by atomic mass is 9.86. The summed E-state index contributed by atoms with van der Waals surface area (Å²) in [7, 11) is 1.68. The first-order valence-corrected chi connectivity index (χ1v) is 12.5. The Bertz CT molecular complexity index is 1130. The summed E-state index contributed by atoms with van der Waals surface area (Å²) in [5.74, 6) is 0.697. The fourth-order valence-corrected chi connectivity index (χ4v) is 4.92. The Morgan fingerprint density at radius 3 is 2.64 bits per heavy atom. The highest BCUT2D eigenvalue weighted by molar-refractivity contribution is 14.1. The van der Waals surface area contributed by atoms with Gasteiger partial charge in [-0.3, -0.25) is 24.4 Å². The molecule has 4 rings (SSSR count). The highest BCUT2D eigenvalue weighted by Crippen LogP contribution is 2.28. The second-order valence-electron chi connectivity index (χ2n) is 8.78. The Kier molecular flexibility index (Phi) is 6.61. The maximum absolute atomic E-state index is 12.8. The molecule has 33 heavy (non-hydrogen) atoms. The fraction of sp³-hybridized carbons (Fsp3) is 0.364. The number of fused-ring (bicyclic) bond motifs is 1. The van der Waals surface area contributed by atoms with Gasteiger partial charge in [0, 0.05) is 24.5 Å². The molecule has 1 aromatic heterocycles. The molecule has 174 valence electrons. The predicted molar refractivity (Wildman–Crippen MR) is 139 cm³/mol. The Balaban J connectivity index is 1.40. The van der Waals surface area contributed by atoms with E-state index in [9.17, 15) is 9.59 Å². The molecule has 3 N–H and O–H groups in total. The van der Waals surface area contributed by atoms with Gasteiger partial charge in [0.1, 0.15) is 11.5 Å². The van der Waals surface area contributed by atoms with E-state index in [1.807, 2.05) is 33.1 Å². The Morgan fingerprint density at radius 2 is 1.97 bits per heavy atom. The van der Waals surface area contributed by atoms with Gasteiger partial charge in [0.2, 0.25) is 11.9 Å². The predicted octanol–water partition coefficient (Wildman–Crippen LogP) is 2.89. The molecule has 3 heterocycles. The third-order valence-electron chi connectivity index (χ3n) is 5.46. The van der Waals surface area contributed by atoms with Crippen LogP contribution in [0.15, 0.2) is 46.2 Å². The smallest absolute Gasteiger partial charge is 0.280 e. The summed E-state index contributed by atoms with van der Waals surface area (Å²) in [6.45, 7) is 7.77. The average Bonchev–Trinajstić information content (AvgIpc) is 3.45. The third kappa shape index (κ3) is 4.83. The number of nitrogens with zero attached hydrogens (tertiary/aromatic N) is 4. The van der Waals surface area contributed by atoms with Crippen molar-refractivity contribution in [3.05, 3.63) is 46.7 Å². The Morgan fingerprint density at radius 1 is 1.24 bits per heavy atom. The van der Waals surface area contributed by atoms with Crippen molar-refractivity contribution >= 4 is 57.1 Å². The monoisotopic (exact) mass is 579 g/mol. The summed E-state index contributed by atoms with van der Waals surface area (Å²) in [6.07, 6.45) is 0. The van der Waals surface area contributed by atoms with Crippen molar-refractivity contribution in [3.63, 3.8) is 0 Å². The van der Waals surface area contributed by atoms with Crippen LogP contribution in [0.1, 0.15) is 26.3 Å². The number of likely N-dealkylation sites (N-methyl/N-ethyl adjacent to an activating group) is 1. The topological polar surface area (TPSA) is 102 Å². The van der Waals surface area contributed by atoms with E-state index in [1.165, 1.54) is 21.8 Å². The van der Waals surface area contributed by atoms with Crippen LogP contribution in [-0.4, -0.2) is 59.2 Å². The van der Waals surface area contributed by atoms with Crippen molar-refractivity contribution in [2.75, 3.05) is 32.0 Å². The van der Waals surface area contributed by atoms with Crippen LogP contribution in [0.3, 0.4) is 0 Å². The molecule has 0 aliphatic carbocycles. The van der Waals surface area contributed by atoms with Gasteiger partial charge in [0.15, 0.2) is 5.13 Å². The van der Waals surface area contributed by atoms with Gasteiger partial charge >= 0.3 is 0 Å². The zero-order chi connectivity index (χ0) is 23.8. The summed E-state index contributed by atoms with van der Waals surface area (Å²) in [6, 6.07) is 8.32. The number of aliphatic imine (C=N–C) groups is 1. The largest absolute Gasteiger partial charge is 0.369 e. The number of hydrogen-bond acceptors (Lipinski definition) is 8. The number of carbonyl (C=O) groups is 2. The van der Waals surface area contributed by atoms with E-state index in [0.29, 0.717) is 35.7 Å². The fourth-order valence-electron chi connectivity index (χ4n) is 3.62. The maximum atomic E-state index is 12.8. The lowest BCUT2D eigenvalue weighted by molar-refractivity contribution is -0.124. The molecule has 2 aliphatic heterocycles. The highest BCUT2D eigenvalue weighted by Gasteiger charge is 2.37. The van der Waals surface area contributed by atoms with Crippen LogP contribution in [-0.2, 0) is 15.0 Å². The lowest BCUT2D eigenvalue weighted by Crippen LogP contribution is -2.53. The summed E-state index contributed by atoms with van der Waals surface area (Å²) in [4.78, 5) is 37.6. The first kappa shape index (κ1) is 23.5. The molecule has 0 bridgehead atoms. The van der Waals surface area contributed by atoms with Crippen molar-refractivity contribution in [2.45, 2.75) is 26.2 Å². The van der Waals surface area contributed by atoms with Gasteiger partial charge in [0.25, 0.3) is 5.91 Å². The number of guanidine groups is 1. The molecule has 0 saturated carbocycles. The molecule has 11 heteroatoms. The van der Waals surface area contributed by atoms with Gasteiger partial charge in [-0.05, 0) is 11.0 Å². The number of hydrogen-bond donors (Lipinski definition) is 3. The number of anilines is 1. The third-order valence-corrected chi connectivity index (χ3v) is 6.72. The molecule has 2 amide bonds. The minimum Gasteiger partial charge on any atom is -0.369 e. The van der Waals surface area contributed by atoms with E-state index in [2.05, 4.69) is 69.2 Å². The minimum atomic E-state index is -0.282. The number of rotatable bonds is 6. The quantitative estimate of drug-likeness (QED) is 0.360. The molecule has 0 atom stereocenters. The van der Waals surface area contributed by atoms with E-state index in [1.54, 1.807) is 7.05 Å². The summed E-state index contributed by atoms with van der Waals surface area (Å²) in [5.41, 5.74) is 3.49. The first-order chi connectivity index (χ1) is 15.7. The van der Waals surface area contributed by atoms with Gasteiger partial charge in [0.05, 0.1) is 41.6 Å². The second kappa shape index (κ2) is 9.29. The maximum Gasteiger partial charge on any atom is 0.280 e. The Hall–Kier alpha value is -2.67. The van der Waals surface area contributed by atoms with Crippen LogP contribution >= 0.6 is 34.2 Å². The first-order valence-electron chi connectivity index (χ1n) is 10.5. The van der Waals surface area contributed by atoms with E-state index >= 15 is 0 Å². The molecule has 2 aromatic rings. The zero-order valence-corrected chi connectivity index (χ0v) is 21.9. The summed E-state index contributed by atoms with van der Waals surface area (Å²) in [5, 5.41) is 8.23. The van der Waals surface area contributed by atoms with E-state index < -0.39 is 0 Å². The van der Waals surface area contributed by atoms with E-state index in [4.69, 9.17) is 0 Å². The van der Waals surface area contributed by atoms with Crippen LogP contribution in [0, 0.1) is 0 Å². The molecule has 9 nitrogen and oxygen atoms in total. The number of benzene rings is 1. The number of aromatic nitrogens is 1. The van der Waals surface area contributed by atoms with Gasteiger partial charge in [-0.25, -0.2) is 4.98 Å². The molecular formula is C22H26IN7O2S. The summed E-state index contributed by atoms with van der Waals surface area (Å²) < 4.78 is 3.03. The molecule has 0 spiro atoms. The molecule has 0 radical (unpaired) electrons. The molecule has 0 fully saturated rings. The standard InChI is InChI=1S/C22H26IN7O2S/c1-22(2,3)14-7-5-13(6-8-14)15-12-33-20(26-15)27-16(31)11-25-17-18(28-23)30-10-9-24-21(30)29(4)19(17)32/h5-8,12,25,28H,9-11H2,1-4H3,(H,26,27,31). The number of halogens is 1. The van der Waals surface area contributed by atoms with Crippen LogP contribution in [0.4, 0.5) is 5.13 Å². The van der Waals surface area contributed by atoms with Crippen LogP contribution < -0.4 is 14.2 Å². The van der Waals surface area contributed by atoms with Crippen molar-refractivity contribution in [3.8, 4) is 11.3 Å². The van der Waals surface area contributed by atoms with Crippen molar-refractivity contribution in [1.82, 2.24) is 23.6 Å². The molecule has 1 aromatic carbocycles. The van der Waals surface area contributed by atoms with Gasteiger partial charge in [-0.15, -0.1) is 11.3 Å². The van der Waals surface area contributed by atoms with Crippen LogP contribution in [0.2, 0.25) is 0 Å². The van der Waals surface area contributed by atoms with Crippen LogP contribution in [0.25, 0.3) is 11.3 Å². The molecule has 2 aliphatic rings. The Labute approximate surface area is 210 Å². The zero-order valence-electron chi connectivity index (χ0n) is 18.9. The SMILES string of the molecule is CN1C(=O)C(NCC(=O)Nc2nc(-c3ccc(C(C)(C)C)cc3)cs2)=C(NI)N2CCN=C12. The van der Waals surface area contributed by atoms with E-state index in [0.717, 1.165) is 11.3 Å². The lowest BCUT2D eigenvalue weighted by Gasteiger charge is -2.34. The number of amides is 2.